The minimum atomic E-state index is -0.0138. The lowest BCUT2D eigenvalue weighted by molar-refractivity contribution is -0.135. The van der Waals surface area contributed by atoms with Crippen molar-refractivity contribution in [2.24, 2.45) is 0 Å². The highest BCUT2D eigenvalue weighted by Crippen LogP contribution is 2.28. The van der Waals surface area contributed by atoms with Crippen LogP contribution in [0.15, 0.2) is 54.6 Å². The Morgan fingerprint density at radius 1 is 1.20 bits per heavy atom. The van der Waals surface area contributed by atoms with Gasteiger partial charge < -0.3 is 10.2 Å². The van der Waals surface area contributed by atoms with Gasteiger partial charge in [-0.3, -0.25) is 9.69 Å². The number of carbonyl (C=O) groups excluding carboxylic acids is 1. The fourth-order valence-corrected chi connectivity index (χ4v) is 3.56. The van der Waals surface area contributed by atoms with Crippen molar-refractivity contribution in [3.8, 4) is 0 Å². The van der Waals surface area contributed by atoms with Crippen LogP contribution >= 0.6 is 11.6 Å². The van der Waals surface area contributed by atoms with E-state index in [4.69, 9.17) is 11.6 Å². The van der Waals surface area contributed by atoms with Crippen LogP contribution in [0.2, 0.25) is 5.02 Å². The minimum absolute atomic E-state index is 0.0138. The molecule has 1 fully saturated rings. The molecule has 0 aliphatic carbocycles. The summed E-state index contributed by atoms with van der Waals surface area (Å²) in [6.07, 6.45) is 0. The van der Waals surface area contributed by atoms with E-state index >= 15 is 0 Å². The molecule has 1 N–H and O–H groups in total. The third-order valence-electron chi connectivity index (χ3n) is 4.53. The standard InChI is InChI=1S/C20H24ClN3O/c1-23(14-16-7-3-2-4-8-16)15-20(25)24-12-11-22-13-19(24)17-9-5-6-10-18(17)21/h2-10,19,22H,11-15H2,1H3. The predicted octanol–water partition coefficient (Wildman–Crippen LogP) is 2.94. The largest absolute Gasteiger partial charge is 0.332 e. The van der Waals surface area contributed by atoms with Gasteiger partial charge in [0.15, 0.2) is 0 Å². The highest BCUT2D eigenvalue weighted by atomic mass is 35.5. The molecule has 3 rings (SSSR count). The molecule has 1 unspecified atom stereocenters. The number of hydrogen-bond donors (Lipinski definition) is 1. The molecule has 2 aromatic carbocycles. The Morgan fingerprint density at radius 3 is 2.68 bits per heavy atom. The number of piperazine rings is 1. The Hall–Kier alpha value is -1.88. The molecule has 132 valence electrons. The summed E-state index contributed by atoms with van der Waals surface area (Å²) >= 11 is 6.36. The summed E-state index contributed by atoms with van der Waals surface area (Å²) in [5.41, 5.74) is 2.22. The number of nitrogens with zero attached hydrogens (tertiary/aromatic N) is 2. The third kappa shape index (κ3) is 4.60. The van der Waals surface area contributed by atoms with E-state index in [-0.39, 0.29) is 11.9 Å². The van der Waals surface area contributed by atoms with Crippen molar-refractivity contribution in [2.45, 2.75) is 12.6 Å². The van der Waals surface area contributed by atoms with Crippen LogP contribution in [-0.4, -0.2) is 48.9 Å². The zero-order chi connectivity index (χ0) is 17.6. The molecule has 25 heavy (non-hydrogen) atoms. The van der Waals surface area contributed by atoms with Gasteiger partial charge in [0.1, 0.15) is 0 Å². The second-order valence-electron chi connectivity index (χ2n) is 6.49. The molecule has 1 atom stereocenters. The molecule has 1 heterocycles. The van der Waals surface area contributed by atoms with Gasteiger partial charge in [-0.15, -0.1) is 0 Å². The van der Waals surface area contributed by atoms with E-state index in [2.05, 4.69) is 22.3 Å². The first kappa shape index (κ1) is 17.9. The minimum Gasteiger partial charge on any atom is -0.332 e. The third-order valence-corrected chi connectivity index (χ3v) is 4.87. The van der Waals surface area contributed by atoms with Crippen LogP contribution in [-0.2, 0) is 11.3 Å². The topological polar surface area (TPSA) is 35.6 Å². The van der Waals surface area contributed by atoms with Crippen LogP contribution in [0.3, 0.4) is 0 Å². The van der Waals surface area contributed by atoms with E-state index < -0.39 is 0 Å². The number of benzene rings is 2. The Kier molecular flexibility index (Phi) is 6.08. The molecular weight excluding hydrogens is 334 g/mol. The summed E-state index contributed by atoms with van der Waals surface area (Å²) in [6.45, 7) is 3.41. The van der Waals surface area contributed by atoms with Crippen LogP contribution in [0.5, 0.6) is 0 Å². The van der Waals surface area contributed by atoms with Gasteiger partial charge in [-0.25, -0.2) is 0 Å². The van der Waals surface area contributed by atoms with Crippen LogP contribution in [0.25, 0.3) is 0 Å². The van der Waals surface area contributed by atoms with Crippen molar-refractivity contribution in [1.29, 1.82) is 0 Å². The van der Waals surface area contributed by atoms with E-state index in [9.17, 15) is 4.79 Å². The molecule has 0 bridgehead atoms. The second-order valence-corrected chi connectivity index (χ2v) is 6.89. The highest BCUT2D eigenvalue weighted by Gasteiger charge is 2.29. The molecule has 5 heteroatoms. The average molecular weight is 358 g/mol. The Morgan fingerprint density at radius 2 is 1.92 bits per heavy atom. The zero-order valence-electron chi connectivity index (χ0n) is 14.5. The quantitative estimate of drug-likeness (QED) is 0.893. The molecule has 1 saturated heterocycles. The molecule has 2 aromatic rings. The predicted molar refractivity (Wildman–Crippen MR) is 102 cm³/mol. The summed E-state index contributed by atoms with van der Waals surface area (Å²) in [4.78, 5) is 16.9. The maximum atomic E-state index is 12.9. The molecule has 0 spiro atoms. The molecule has 1 amide bonds. The van der Waals surface area contributed by atoms with Gasteiger partial charge in [0, 0.05) is 31.2 Å². The van der Waals surface area contributed by atoms with Crippen molar-refractivity contribution < 1.29 is 4.79 Å². The maximum absolute atomic E-state index is 12.9. The number of nitrogens with one attached hydrogen (secondary N) is 1. The van der Waals surface area contributed by atoms with Crippen molar-refractivity contribution in [3.05, 3.63) is 70.7 Å². The molecule has 0 aromatic heterocycles. The van der Waals surface area contributed by atoms with Gasteiger partial charge in [0.2, 0.25) is 5.91 Å². The number of halogens is 1. The lowest BCUT2D eigenvalue weighted by Crippen LogP contribution is -2.51. The Labute approximate surface area is 154 Å². The molecule has 1 aliphatic rings. The van der Waals surface area contributed by atoms with Crippen molar-refractivity contribution >= 4 is 17.5 Å². The van der Waals surface area contributed by atoms with Gasteiger partial charge in [-0.1, -0.05) is 60.1 Å². The zero-order valence-corrected chi connectivity index (χ0v) is 15.2. The molecule has 1 aliphatic heterocycles. The number of rotatable bonds is 5. The summed E-state index contributed by atoms with van der Waals surface area (Å²) in [7, 11) is 1.98. The van der Waals surface area contributed by atoms with Gasteiger partial charge in [0.25, 0.3) is 0 Å². The van der Waals surface area contributed by atoms with E-state index in [1.807, 2.05) is 54.4 Å². The SMILES string of the molecule is CN(CC(=O)N1CCNCC1c1ccccc1Cl)Cc1ccccc1. The van der Waals surface area contributed by atoms with E-state index in [0.717, 1.165) is 25.2 Å². The second kappa shape index (κ2) is 8.48. The maximum Gasteiger partial charge on any atom is 0.237 e. The Balaban J connectivity index is 1.67. The normalized spacial score (nSPS) is 17.7. The first-order valence-electron chi connectivity index (χ1n) is 8.62. The van der Waals surface area contributed by atoms with Crippen LogP contribution < -0.4 is 5.32 Å². The van der Waals surface area contributed by atoms with Gasteiger partial charge in [0.05, 0.1) is 12.6 Å². The summed E-state index contributed by atoms with van der Waals surface area (Å²) < 4.78 is 0. The van der Waals surface area contributed by atoms with E-state index in [0.29, 0.717) is 18.1 Å². The van der Waals surface area contributed by atoms with Crippen LogP contribution in [0.4, 0.5) is 0 Å². The first-order valence-corrected chi connectivity index (χ1v) is 9.00. The lowest BCUT2D eigenvalue weighted by Gasteiger charge is -2.37. The lowest BCUT2D eigenvalue weighted by atomic mass is 10.0. The highest BCUT2D eigenvalue weighted by molar-refractivity contribution is 6.31. The van der Waals surface area contributed by atoms with E-state index in [1.165, 1.54) is 5.56 Å². The fourth-order valence-electron chi connectivity index (χ4n) is 3.30. The summed E-state index contributed by atoms with van der Waals surface area (Å²) in [5, 5.41) is 4.09. The number of likely N-dealkylation sites (N-methyl/N-ethyl adjacent to an activating group) is 1. The van der Waals surface area contributed by atoms with E-state index in [1.54, 1.807) is 0 Å². The van der Waals surface area contributed by atoms with Crippen molar-refractivity contribution in [3.63, 3.8) is 0 Å². The van der Waals surface area contributed by atoms with Gasteiger partial charge >= 0.3 is 0 Å². The summed E-state index contributed by atoms with van der Waals surface area (Å²) in [6, 6.07) is 18.0. The van der Waals surface area contributed by atoms with Crippen LogP contribution in [0.1, 0.15) is 17.2 Å². The van der Waals surface area contributed by atoms with Gasteiger partial charge in [-0.2, -0.15) is 0 Å². The number of hydrogen-bond acceptors (Lipinski definition) is 3. The average Bonchev–Trinajstić information content (AvgIpc) is 2.63. The first-order chi connectivity index (χ1) is 12.1. The molecule has 0 radical (unpaired) electrons. The van der Waals surface area contributed by atoms with Crippen molar-refractivity contribution in [1.82, 2.24) is 15.1 Å². The molecule has 0 saturated carbocycles. The Bertz CT molecular complexity index is 707. The fraction of sp³-hybridized carbons (Fsp3) is 0.350. The monoisotopic (exact) mass is 357 g/mol. The summed E-state index contributed by atoms with van der Waals surface area (Å²) in [5.74, 6) is 0.143. The molecule has 4 nitrogen and oxygen atoms in total. The van der Waals surface area contributed by atoms with Crippen LogP contribution in [0, 0.1) is 0 Å². The molecular formula is C20H24ClN3O. The number of carbonyl (C=O) groups is 1. The number of amides is 1. The smallest absolute Gasteiger partial charge is 0.237 e. The van der Waals surface area contributed by atoms with Crippen molar-refractivity contribution in [2.75, 3.05) is 33.2 Å². The van der Waals surface area contributed by atoms with Gasteiger partial charge in [-0.05, 0) is 24.2 Å².